The van der Waals surface area contributed by atoms with Crippen molar-refractivity contribution in [3.05, 3.63) is 28.4 Å². The summed E-state index contributed by atoms with van der Waals surface area (Å²) >= 11 is 0. The molecule has 0 radical (unpaired) electrons. The number of nitro groups is 1. The average molecular weight is 285 g/mol. The molecule has 1 saturated carbocycles. The number of nitrogens with one attached hydrogen (secondary N) is 1. The zero-order valence-electron chi connectivity index (χ0n) is 10.4. The van der Waals surface area contributed by atoms with Gasteiger partial charge in [-0.1, -0.05) is 6.92 Å². The molecule has 1 aliphatic carbocycles. The molecule has 2 unspecified atom stereocenters. The summed E-state index contributed by atoms with van der Waals surface area (Å²) in [6.45, 7) is 2.09. The second-order valence-electron chi connectivity index (χ2n) is 4.85. The zero-order chi connectivity index (χ0) is 14.0. The van der Waals surface area contributed by atoms with Gasteiger partial charge in [0.05, 0.1) is 0 Å². The third-order valence-electron chi connectivity index (χ3n) is 3.23. The fourth-order valence-corrected chi connectivity index (χ4v) is 3.47. The molecule has 0 saturated heterocycles. The van der Waals surface area contributed by atoms with Crippen molar-refractivity contribution >= 4 is 15.8 Å². The zero-order valence-corrected chi connectivity index (χ0v) is 11.3. The van der Waals surface area contributed by atoms with Crippen molar-refractivity contribution in [2.24, 2.45) is 5.92 Å². The molecule has 19 heavy (non-hydrogen) atoms. The molecule has 104 valence electrons. The normalized spacial score (nSPS) is 23.4. The molecule has 1 N–H and O–H groups in total. The van der Waals surface area contributed by atoms with Gasteiger partial charge in [-0.25, -0.2) is 13.1 Å². The molecule has 1 aromatic rings. The summed E-state index contributed by atoms with van der Waals surface area (Å²) in [5.41, 5.74) is 0. The van der Waals surface area contributed by atoms with Crippen LogP contribution in [0.1, 0.15) is 26.2 Å². The molecular formula is C11H15N3O4S. The Hall–Kier alpha value is -1.54. The minimum Gasteiger partial charge on any atom is -0.358 e. The van der Waals surface area contributed by atoms with Gasteiger partial charge >= 0.3 is 5.82 Å². The summed E-state index contributed by atoms with van der Waals surface area (Å²) in [7, 11) is -3.64. The van der Waals surface area contributed by atoms with E-state index in [4.69, 9.17) is 0 Å². The topological polar surface area (TPSA) is 102 Å². The monoisotopic (exact) mass is 285 g/mol. The molecule has 1 aliphatic rings. The minimum atomic E-state index is -3.64. The molecule has 0 bridgehead atoms. The van der Waals surface area contributed by atoms with Crippen LogP contribution in [0.15, 0.2) is 23.2 Å². The highest BCUT2D eigenvalue weighted by molar-refractivity contribution is 7.89. The van der Waals surface area contributed by atoms with Crippen molar-refractivity contribution in [1.29, 1.82) is 0 Å². The van der Waals surface area contributed by atoms with Gasteiger partial charge in [0.15, 0.2) is 6.20 Å². The maximum atomic E-state index is 12.1. The highest BCUT2D eigenvalue weighted by atomic mass is 32.2. The molecule has 0 amide bonds. The number of hydrogen-bond donors (Lipinski definition) is 1. The molecule has 7 nitrogen and oxygen atoms in total. The Morgan fingerprint density at radius 2 is 2.16 bits per heavy atom. The van der Waals surface area contributed by atoms with E-state index in [0.717, 1.165) is 31.5 Å². The van der Waals surface area contributed by atoms with Crippen LogP contribution < -0.4 is 4.72 Å². The van der Waals surface area contributed by atoms with Crippen LogP contribution in [0.2, 0.25) is 0 Å². The van der Waals surface area contributed by atoms with Crippen LogP contribution in [0, 0.1) is 16.0 Å². The van der Waals surface area contributed by atoms with Crippen LogP contribution in [-0.4, -0.2) is 24.4 Å². The third kappa shape index (κ3) is 3.27. The molecule has 0 spiro atoms. The summed E-state index contributed by atoms with van der Waals surface area (Å²) < 4.78 is 26.7. The van der Waals surface area contributed by atoms with Crippen molar-refractivity contribution in [1.82, 2.24) is 9.71 Å². The first kappa shape index (κ1) is 13.9. The van der Waals surface area contributed by atoms with Crippen molar-refractivity contribution < 1.29 is 13.3 Å². The molecule has 1 heterocycles. The second-order valence-corrected chi connectivity index (χ2v) is 6.56. The van der Waals surface area contributed by atoms with E-state index in [2.05, 4.69) is 16.6 Å². The summed E-state index contributed by atoms with van der Waals surface area (Å²) in [6, 6.07) is 2.23. The first-order valence-electron chi connectivity index (χ1n) is 6.01. The Balaban J connectivity index is 2.13. The van der Waals surface area contributed by atoms with Gasteiger partial charge in [0.1, 0.15) is 4.90 Å². The number of aromatic nitrogens is 1. The van der Waals surface area contributed by atoms with E-state index >= 15 is 0 Å². The van der Waals surface area contributed by atoms with Crippen molar-refractivity contribution in [2.45, 2.75) is 37.1 Å². The Bertz CT molecular complexity index is 570. The highest BCUT2D eigenvalue weighted by Gasteiger charge is 2.27. The number of nitrogens with zero attached hydrogens (tertiary/aromatic N) is 2. The largest absolute Gasteiger partial charge is 0.363 e. The summed E-state index contributed by atoms with van der Waals surface area (Å²) in [5.74, 6) is 0.149. The van der Waals surface area contributed by atoms with Crippen molar-refractivity contribution in [2.75, 3.05) is 0 Å². The van der Waals surface area contributed by atoms with E-state index in [-0.39, 0.29) is 16.8 Å². The van der Waals surface area contributed by atoms with E-state index in [1.54, 1.807) is 0 Å². The van der Waals surface area contributed by atoms with Gasteiger partial charge in [0, 0.05) is 12.1 Å². The number of rotatable bonds is 4. The van der Waals surface area contributed by atoms with Gasteiger partial charge in [0.25, 0.3) is 0 Å². The Morgan fingerprint density at radius 3 is 2.63 bits per heavy atom. The Morgan fingerprint density at radius 1 is 1.42 bits per heavy atom. The predicted octanol–water partition coefficient (Wildman–Crippen LogP) is 1.46. The molecule has 0 aromatic carbocycles. The van der Waals surface area contributed by atoms with Gasteiger partial charge in [-0.05, 0) is 41.2 Å². The Kier molecular flexibility index (Phi) is 3.81. The van der Waals surface area contributed by atoms with Crippen molar-refractivity contribution in [3.63, 3.8) is 0 Å². The fraction of sp³-hybridized carbons (Fsp3) is 0.545. The van der Waals surface area contributed by atoms with E-state index in [1.165, 1.54) is 6.07 Å². The Labute approximate surface area is 111 Å². The lowest BCUT2D eigenvalue weighted by Gasteiger charge is -2.12. The molecule has 1 fully saturated rings. The first-order chi connectivity index (χ1) is 8.88. The van der Waals surface area contributed by atoms with Crippen LogP contribution in [0.3, 0.4) is 0 Å². The van der Waals surface area contributed by atoms with Crippen LogP contribution in [0.4, 0.5) is 5.82 Å². The van der Waals surface area contributed by atoms with E-state index in [9.17, 15) is 18.5 Å². The first-order valence-corrected chi connectivity index (χ1v) is 7.49. The van der Waals surface area contributed by atoms with E-state index < -0.39 is 14.9 Å². The number of sulfonamides is 1. The fourth-order valence-electron chi connectivity index (χ4n) is 2.24. The standard InChI is InChI=1S/C11H15N3O4S/c1-8-2-3-9(6-8)13-19(17,18)10-4-5-11(12-7-10)14(15)16/h4-5,7-9,13H,2-3,6H2,1H3. The SMILES string of the molecule is CC1CCC(NS(=O)(=O)c2ccc([N+](=O)[O-])nc2)C1. The smallest absolute Gasteiger partial charge is 0.358 e. The quantitative estimate of drug-likeness (QED) is 0.666. The molecular weight excluding hydrogens is 270 g/mol. The number of pyridine rings is 1. The molecule has 0 aliphatic heterocycles. The predicted molar refractivity (Wildman–Crippen MR) is 68.0 cm³/mol. The number of hydrogen-bond acceptors (Lipinski definition) is 5. The second kappa shape index (κ2) is 5.22. The van der Waals surface area contributed by atoms with Crippen LogP contribution >= 0.6 is 0 Å². The van der Waals surface area contributed by atoms with Gasteiger partial charge in [-0.15, -0.1) is 0 Å². The summed E-state index contributed by atoms with van der Waals surface area (Å²) in [5, 5.41) is 10.5. The molecule has 2 rings (SSSR count). The van der Waals surface area contributed by atoms with E-state index in [0.29, 0.717) is 5.92 Å². The molecule has 8 heteroatoms. The lowest BCUT2D eigenvalue weighted by molar-refractivity contribution is -0.389. The third-order valence-corrected chi connectivity index (χ3v) is 4.74. The van der Waals surface area contributed by atoms with E-state index in [1.807, 2.05) is 0 Å². The molecule has 1 aromatic heterocycles. The van der Waals surface area contributed by atoms with Crippen LogP contribution in [0.25, 0.3) is 0 Å². The maximum absolute atomic E-state index is 12.1. The van der Waals surface area contributed by atoms with Crippen LogP contribution in [0.5, 0.6) is 0 Å². The van der Waals surface area contributed by atoms with Crippen molar-refractivity contribution in [3.8, 4) is 0 Å². The average Bonchev–Trinajstić information content (AvgIpc) is 2.74. The summed E-state index contributed by atoms with van der Waals surface area (Å²) in [4.78, 5) is 13.3. The highest BCUT2D eigenvalue weighted by Crippen LogP contribution is 2.26. The van der Waals surface area contributed by atoms with Crippen LogP contribution in [-0.2, 0) is 10.0 Å². The lowest BCUT2D eigenvalue weighted by Crippen LogP contribution is -2.33. The summed E-state index contributed by atoms with van der Waals surface area (Å²) in [6.07, 6.45) is 3.66. The lowest BCUT2D eigenvalue weighted by atomic mass is 10.1. The van der Waals surface area contributed by atoms with Gasteiger partial charge in [-0.2, -0.15) is 0 Å². The molecule has 2 atom stereocenters. The van der Waals surface area contributed by atoms with Gasteiger partial charge in [0.2, 0.25) is 10.0 Å². The minimum absolute atomic E-state index is 0.0438. The maximum Gasteiger partial charge on any atom is 0.363 e. The van der Waals surface area contributed by atoms with Gasteiger partial charge in [-0.3, -0.25) is 0 Å². The van der Waals surface area contributed by atoms with Gasteiger partial charge < -0.3 is 10.1 Å².